The lowest BCUT2D eigenvalue weighted by Gasteiger charge is -2.26. The van der Waals surface area contributed by atoms with Gasteiger partial charge >= 0.3 is 5.97 Å². The number of rotatable bonds is 7. The van der Waals surface area contributed by atoms with Gasteiger partial charge in [0.05, 0.1) is 29.2 Å². The summed E-state index contributed by atoms with van der Waals surface area (Å²) in [6.07, 6.45) is 2.83. The summed E-state index contributed by atoms with van der Waals surface area (Å²) in [6, 6.07) is 21.5. The smallest absolute Gasteiger partial charge is 0.319 e. The van der Waals surface area contributed by atoms with Gasteiger partial charge in [-0.05, 0) is 42.8 Å². The molecule has 191 valence electrons. The van der Waals surface area contributed by atoms with Crippen molar-refractivity contribution in [3.8, 4) is 0 Å². The van der Waals surface area contributed by atoms with Crippen molar-refractivity contribution in [2.45, 2.75) is 16.7 Å². The molecule has 1 aliphatic heterocycles. The second kappa shape index (κ2) is 9.95. The van der Waals surface area contributed by atoms with Crippen LogP contribution in [0.5, 0.6) is 0 Å². The number of ether oxygens (including phenoxy) is 1. The molecule has 1 amide bonds. The van der Waals surface area contributed by atoms with Crippen molar-refractivity contribution in [3.63, 3.8) is 0 Å². The number of esters is 1. The first-order valence-electron chi connectivity index (χ1n) is 11.2. The van der Waals surface area contributed by atoms with Crippen LogP contribution in [-0.4, -0.2) is 52.4 Å². The summed E-state index contributed by atoms with van der Waals surface area (Å²) in [5, 5.41) is 0. The minimum absolute atomic E-state index is 0.0790. The highest BCUT2D eigenvalue weighted by Gasteiger charge is 2.59. The van der Waals surface area contributed by atoms with Gasteiger partial charge in [0.25, 0.3) is 15.9 Å². The molecule has 1 unspecified atom stereocenters. The molecule has 1 radical (unpaired) electrons. The highest BCUT2D eigenvalue weighted by Crippen LogP contribution is 2.43. The van der Waals surface area contributed by atoms with Crippen LogP contribution in [0.15, 0.2) is 100 Å². The fraction of sp³-hybridized carbons (Fsp3) is 0.185. The Balaban J connectivity index is 1.93. The molecule has 8 nitrogen and oxygen atoms in total. The third-order valence-corrected chi connectivity index (χ3v) is 9.71. The number of nitrogens with zero attached hydrogens (tertiary/aromatic N) is 1. The highest BCUT2D eigenvalue weighted by atomic mass is 32.2. The molecule has 1 fully saturated rings. The summed E-state index contributed by atoms with van der Waals surface area (Å²) in [5.41, 5.74) is -1.39. The molecule has 0 aromatic heterocycles. The molecule has 1 heterocycles. The van der Waals surface area contributed by atoms with Gasteiger partial charge < -0.3 is 4.74 Å². The largest absolute Gasteiger partial charge is 0.468 e. The number of hydrogen-bond acceptors (Lipinski definition) is 7. The molecular weight excluding hydrogens is 514 g/mol. The topological polar surface area (TPSA) is 115 Å². The number of hydrogen-bond donors (Lipinski definition) is 0. The van der Waals surface area contributed by atoms with Gasteiger partial charge in [0.15, 0.2) is 9.84 Å². The van der Waals surface area contributed by atoms with E-state index in [1.54, 1.807) is 55.5 Å². The predicted molar refractivity (Wildman–Crippen MR) is 135 cm³/mol. The Bertz CT molecular complexity index is 1560. The maximum atomic E-state index is 13.7. The van der Waals surface area contributed by atoms with Crippen LogP contribution in [0.2, 0.25) is 0 Å². The highest BCUT2D eigenvalue weighted by molar-refractivity contribution is 7.91. The monoisotopic (exact) mass is 538 g/mol. The summed E-state index contributed by atoms with van der Waals surface area (Å²) >= 11 is 0. The van der Waals surface area contributed by atoms with E-state index in [0.717, 1.165) is 12.7 Å². The second-order valence-electron chi connectivity index (χ2n) is 8.64. The van der Waals surface area contributed by atoms with Crippen LogP contribution in [-0.2, 0) is 34.2 Å². The molecule has 3 aromatic rings. The van der Waals surface area contributed by atoms with E-state index in [4.69, 9.17) is 4.74 Å². The van der Waals surface area contributed by atoms with Crippen molar-refractivity contribution in [1.29, 1.82) is 0 Å². The SMILES string of the molecule is COC(=O)C1(CS(=O)(=O)c2ccccc2)CN(S(=O)(=O)c2ccc(C)cc2)C(=O)C1=[C]c1ccccc1. The van der Waals surface area contributed by atoms with E-state index in [1.165, 1.54) is 36.4 Å². The summed E-state index contributed by atoms with van der Waals surface area (Å²) in [7, 11) is -7.57. The Morgan fingerprint density at radius 1 is 0.892 bits per heavy atom. The fourth-order valence-electron chi connectivity index (χ4n) is 4.17. The van der Waals surface area contributed by atoms with Gasteiger partial charge in [0, 0.05) is 5.57 Å². The van der Waals surface area contributed by atoms with E-state index in [2.05, 4.69) is 6.08 Å². The summed E-state index contributed by atoms with van der Waals surface area (Å²) < 4.78 is 59.5. The molecule has 0 saturated carbocycles. The van der Waals surface area contributed by atoms with Gasteiger partial charge in [-0.15, -0.1) is 0 Å². The number of amides is 1. The van der Waals surface area contributed by atoms with Gasteiger partial charge in [-0.25, -0.2) is 21.1 Å². The molecule has 10 heteroatoms. The van der Waals surface area contributed by atoms with Gasteiger partial charge in [-0.1, -0.05) is 66.2 Å². The lowest BCUT2D eigenvalue weighted by molar-refractivity contribution is -0.148. The molecule has 0 N–H and O–H groups in total. The maximum absolute atomic E-state index is 13.7. The number of carbonyl (C=O) groups is 2. The maximum Gasteiger partial charge on any atom is 0.319 e. The number of aryl methyl sites for hydroxylation is 1. The van der Waals surface area contributed by atoms with Crippen molar-refractivity contribution in [2.75, 3.05) is 19.4 Å². The minimum atomic E-state index is -4.44. The Morgan fingerprint density at radius 3 is 2.03 bits per heavy atom. The van der Waals surface area contributed by atoms with Crippen molar-refractivity contribution in [2.24, 2.45) is 5.41 Å². The van der Waals surface area contributed by atoms with Gasteiger partial charge in [-0.3, -0.25) is 9.59 Å². The van der Waals surface area contributed by atoms with Crippen LogP contribution in [0.3, 0.4) is 0 Å². The van der Waals surface area contributed by atoms with Crippen LogP contribution in [0.1, 0.15) is 11.1 Å². The Labute approximate surface area is 216 Å². The summed E-state index contributed by atoms with van der Waals surface area (Å²) in [5.74, 6) is -2.99. The summed E-state index contributed by atoms with van der Waals surface area (Å²) in [6.45, 7) is 1.03. The van der Waals surface area contributed by atoms with E-state index < -0.39 is 55.0 Å². The first kappa shape index (κ1) is 26.3. The standard InChI is InChI=1S/C27H24NO7S2/c1-20-13-15-23(16-14-20)37(33,34)28-18-27(26(30)35-2,19-36(31,32)22-11-7-4-8-12-22)24(25(28)29)17-21-9-5-3-6-10-21/h3-16H,18-19H2,1-2H3. The molecule has 0 aliphatic carbocycles. The van der Waals surface area contributed by atoms with E-state index in [-0.39, 0.29) is 9.79 Å². The molecule has 1 saturated heterocycles. The van der Waals surface area contributed by atoms with E-state index in [9.17, 15) is 26.4 Å². The van der Waals surface area contributed by atoms with E-state index >= 15 is 0 Å². The molecule has 1 atom stereocenters. The van der Waals surface area contributed by atoms with Crippen LogP contribution < -0.4 is 0 Å². The van der Waals surface area contributed by atoms with Gasteiger partial charge in [0.1, 0.15) is 5.41 Å². The third-order valence-electron chi connectivity index (χ3n) is 6.10. The van der Waals surface area contributed by atoms with Crippen LogP contribution in [0, 0.1) is 18.4 Å². The van der Waals surface area contributed by atoms with Crippen LogP contribution >= 0.6 is 0 Å². The number of sulfonamides is 1. The number of benzene rings is 3. The lowest BCUT2D eigenvalue weighted by Crippen LogP contribution is -2.43. The molecule has 4 rings (SSSR count). The zero-order valence-corrected chi connectivity index (χ0v) is 21.8. The van der Waals surface area contributed by atoms with Crippen molar-refractivity contribution < 1.29 is 31.2 Å². The number of carbonyl (C=O) groups excluding carboxylic acids is 2. The molecule has 1 aliphatic rings. The molecule has 3 aromatic carbocycles. The van der Waals surface area contributed by atoms with Crippen molar-refractivity contribution >= 4 is 31.7 Å². The van der Waals surface area contributed by atoms with Gasteiger partial charge in [0.2, 0.25) is 0 Å². The minimum Gasteiger partial charge on any atom is -0.468 e. The van der Waals surface area contributed by atoms with Crippen molar-refractivity contribution in [3.05, 3.63) is 108 Å². The molecule has 0 spiro atoms. The average molecular weight is 539 g/mol. The average Bonchev–Trinajstić information content (AvgIpc) is 3.17. The molecular formula is C27H24NO7S2. The van der Waals surface area contributed by atoms with Crippen LogP contribution in [0.4, 0.5) is 0 Å². The fourth-order valence-corrected chi connectivity index (χ4v) is 7.35. The zero-order chi connectivity index (χ0) is 26.8. The van der Waals surface area contributed by atoms with E-state index in [1.807, 2.05) is 0 Å². The zero-order valence-electron chi connectivity index (χ0n) is 20.1. The third kappa shape index (κ3) is 4.94. The number of methoxy groups -OCH3 is 1. The predicted octanol–water partition coefficient (Wildman–Crippen LogP) is 2.94. The van der Waals surface area contributed by atoms with Crippen molar-refractivity contribution in [1.82, 2.24) is 4.31 Å². The van der Waals surface area contributed by atoms with Gasteiger partial charge in [-0.2, -0.15) is 0 Å². The Morgan fingerprint density at radius 2 is 1.46 bits per heavy atom. The quantitative estimate of drug-likeness (QED) is 0.336. The van der Waals surface area contributed by atoms with Crippen LogP contribution in [0.25, 0.3) is 0 Å². The first-order chi connectivity index (χ1) is 17.5. The number of sulfone groups is 1. The second-order valence-corrected chi connectivity index (χ2v) is 12.5. The van der Waals surface area contributed by atoms with E-state index in [0.29, 0.717) is 9.87 Å². The molecule has 0 bridgehead atoms. The molecule has 37 heavy (non-hydrogen) atoms. The summed E-state index contributed by atoms with van der Waals surface area (Å²) in [4.78, 5) is 26.8. The first-order valence-corrected chi connectivity index (χ1v) is 14.3. The normalized spacial score (nSPS) is 19.2. The Kier molecular flexibility index (Phi) is 7.07. The lowest BCUT2D eigenvalue weighted by atomic mass is 9.83. The Hall–Kier alpha value is -3.76.